The van der Waals surface area contributed by atoms with Crippen molar-refractivity contribution in [1.29, 1.82) is 0 Å². The van der Waals surface area contributed by atoms with Crippen molar-refractivity contribution in [1.82, 2.24) is 19.3 Å². The third-order valence-electron chi connectivity index (χ3n) is 5.44. The molecule has 1 aliphatic rings. The maximum atomic E-state index is 12.9. The molecule has 0 saturated carbocycles. The van der Waals surface area contributed by atoms with Gasteiger partial charge in [0.1, 0.15) is 11.7 Å². The van der Waals surface area contributed by atoms with Crippen LogP contribution in [0.15, 0.2) is 71.9 Å². The first-order valence-electron chi connectivity index (χ1n) is 10.0. The molecular weight excluding hydrogens is 394 g/mol. The van der Waals surface area contributed by atoms with Crippen molar-refractivity contribution in [2.24, 2.45) is 0 Å². The number of carbonyl (C=O) groups excluding carboxylic acids is 2. The molecule has 0 unspecified atom stereocenters. The fourth-order valence-corrected chi connectivity index (χ4v) is 3.81. The van der Waals surface area contributed by atoms with Crippen molar-refractivity contribution in [2.75, 3.05) is 11.4 Å². The number of hydrogen-bond acceptors (Lipinski definition) is 5. The van der Waals surface area contributed by atoms with Gasteiger partial charge in [0.15, 0.2) is 11.4 Å². The lowest BCUT2D eigenvalue weighted by Crippen LogP contribution is -2.25. The molecule has 154 valence electrons. The van der Waals surface area contributed by atoms with Crippen molar-refractivity contribution in [3.05, 3.63) is 83.0 Å². The molecule has 0 atom stereocenters. The van der Waals surface area contributed by atoms with Gasteiger partial charge < -0.3 is 4.90 Å². The Balaban J connectivity index is 1.39. The molecule has 2 aromatic heterocycles. The molecule has 5 rings (SSSR count). The summed E-state index contributed by atoms with van der Waals surface area (Å²) < 4.78 is 2.89. The molecule has 8 heteroatoms. The minimum absolute atomic E-state index is 0.0982. The van der Waals surface area contributed by atoms with Crippen molar-refractivity contribution in [3.63, 3.8) is 0 Å². The van der Waals surface area contributed by atoms with Crippen LogP contribution in [0.4, 0.5) is 5.69 Å². The lowest BCUT2D eigenvalue weighted by Gasteiger charge is -2.15. The number of aromatic nitrogens is 4. The van der Waals surface area contributed by atoms with Gasteiger partial charge in [0, 0.05) is 24.2 Å². The van der Waals surface area contributed by atoms with E-state index >= 15 is 0 Å². The fraction of sp³-hybridized carbons (Fsp3) is 0.174. The number of benzene rings is 2. The van der Waals surface area contributed by atoms with E-state index in [0.717, 1.165) is 17.8 Å². The second-order valence-electron chi connectivity index (χ2n) is 7.43. The molecule has 1 aliphatic heterocycles. The average Bonchev–Trinajstić information content (AvgIpc) is 3.43. The molecule has 0 aliphatic carbocycles. The number of nitrogens with zero attached hydrogens (tertiary/aromatic N) is 5. The highest BCUT2D eigenvalue weighted by Crippen LogP contribution is 2.22. The summed E-state index contributed by atoms with van der Waals surface area (Å²) in [7, 11) is 0. The van der Waals surface area contributed by atoms with Gasteiger partial charge in [-0.25, -0.2) is 9.67 Å². The molecule has 1 saturated heterocycles. The normalized spacial score (nSPS) is 13.8. The van der Waals surface area contributed by atoms with Gasteiger partial charge in [-0.1, -0.05) is 18.2 Å². The van der Waals surface area contributed by atoms with Crippen LogP contribution in [0, 0.1) is 0 Å². The molecule has 31 heavy (non-hydrogen) atoms. The number of Topliss-reactive ketones (excluding diaryl/α,β-unsaturated/α-hetero) is 1. The highest BCUT2D eigenvalue weighted by molar-refractivity contribution is 5.98. The zero-order valence-corrected chi connectivity index (χ0v) is 16.6. The third kappa shape index (κ3) is 3.42. The Bertz CT molecular complexity index is 1340. The fourth-order valence-electron chi connectivity index (χ4n) is 3.81. The SMILES string of the molecule is O=C(Cn1cnc2c(cnn2-c2ccccc2)c1=O)c1ccc(N2CCCC2=O)cc1. The largest absolute Gasteiger partial charge is 0.312 e. The lowest BCUT2D eigenvalue weighted by atomic mass is 10.1. The van der Waals surface area contributed by atoms with Gasteiger partial charge in [0.05, 0.1) is 18.4 Å². The second-order valence-corrected chi connectivity index (χ2v) is 7.43. The van der Waals surface area contributed by atoms with Crippen LogP contribution in [-0.4, -0.2) is 37.6 Å². The third-order valence-corrected chi connectivity index (χ3v) is 5.44. The Labute approximate surface area is 177 Å². The number of amides is 1. The number of ketones is 1. The van der Waals surface area contributed by atoms with Crippen LogP contribution in [-0.2, 0) is 11.3 Å². The standard InChI is InChI=1S/C23H19N5O3/c29-20(16-8-10-17(11-9-16)27-12-4-7-21(27)30)14-26-15-24-22-19(23(26)31)13-25-28(22)18-5-2-1-3-6-18/h1-3,5-6,8-11,13,15H,4,7,12,14H2. The number of hydrogen-bond donors (Lipinski definition) is 0. The zero-order valence-electron chi connectivity index (χ0n) is 16.6. The van der Waals surface area contributed by atoms with Crippen molar-refractivity contribution < 1.29 is 9.59 Å². The van der Waals surface area contributed by atoms with Gasteiger partial charge in [-0.05, 0) is 42.8 Å². The van der Waals surface area contributed by atoms with E-state index in [1.807, 2.05) is 30.3 Å². The topological polar surface area (TPSA) is 90.1 Å². The quantitative estimate of drug-likeness (QED) is 0.469. The number of anilines is 1. The predicted octanol–water partition coefficient (Wildman–Crippen LogP) is 2.59. The van der Waals surface area contributed by atoms with E-state index in [4.69, 9.17) is 0 Å². The van der Waals surface area contributed by atoms with Crippen LogP contribution < -0.4 is 10.5 Å². The summed E-state index contributed by atoms with van der Waals surface area (Å²) >= 11 is 0. The number of fused-ring (bicyclic) bond motifs is 1. The predicted molar refractivity (Wildman–Crippen MR) is 115 cm³/mol. The van der Waals surface area contributed by atoms with Crippen molar-refractivity contribution in [3.8, 4) is 5.69 Å². The van der Waals surface area contributed by atoms with E-state index in [2.05, 4.69) is 10.1 Å². The Morgan fingerprint density at radius 1 is 0.968 bits per heavy atom. The van der Waals surface area contributed by atoms with Gasteiger partial charge in [-0.3, -0.25) is 19.0 Å². The summed E-state index contributed by atoms with van der Waals surface area (Å²) in [5.74, 6) is -0.112. The zero-order chi connectivity index (χ0) is 21.4. The van der Waals surface area contributed by atoms with Gasteiger partial charge in [-0.2, -0.15) is 5.10 Å². The lowest BCUT2D eigenvalue weighted by molar-refractivity contribution is -0.117. The Kier molecular flexibility index (Phi) is 4.66. The van der Waals surface area contributed by atoms with Crippen LogP contribution in [0.3, 0.4) is 0 Å². The summed E-state index contributed by atoms with van der Waals surface area (Å²) in [5.41, 5.74) is 2.18. The van der Waals surface area contributed by atoms with E-state index in [1.165, 1.54) is 17.1 Å². The molecule has 1 amide bonds. The van der Waals surface area contributed by atoms with E-state index in [-0.39, 0.29) is 23.8 Å². The maximum Gasteiger partial charge on any atom is 0.264 e. The van der Waals surface area contributed by atoms with Crippen LogP contribution in [0.25, 0.3) is 16.7 Å². The molecule has 8 nitrogen and oxygen atoms in total. The summed E-state index contributed by atoms with van der Waals surface area (Å²) in [5, 5.41) is 4.63. The van der Waals surface area contributed by atoms with Gasteiger partial charge in [0.2, 0.25) is 5.91 Å². The van der Waals surface area contributed by atoms with Crippen molar-refractivity contribution in [2.45, 2.75) is 19.4 Å². The summed E-state index contributed by atoms with van der Waals surface area (Å²) in [4.78, 5) is 43.6. The van der Waals surface area contributed by atoms with Crippen molar-refractivity contribution >= 4 is 28.4 Å². The highest BCUT2D eigenvalue weighted by Gasteiger charge is 2.22. The molecule has 0 N–H and O–H groups in total. The number of carbonyl (C=O) groups is 2. The molecule has 3 heterocycles. The highest BCUT2D eigenvalue weighted by atomic mass is 16.2. The maximum absolute atomic E-state index is 12.9. The van der Waals surface area contributed by atoms with Gasteiger partial charge >= 0.3 is 0 Å². The molecule has 4 aromatic rings. The Morgan fingerprint density at radius 2 is 1.74 bits per heavy atom. The van der Waals surface area contributed by atoms with Crippen LogP contribution >= 0.6 is 0 Å². The van der Waals surface area contributed by atoms with Gasteiger partial charge in [-0.15, -0.1) is 0 Å². The summed E-state index contributed by atoms with van der Waals surface area (Å²) in [6, 6.07) is 16.3. The number of para-hydroxylation sites is 1. The van der Waals surface area contributed by atoms with E-state index in [9.17, 15) is 14.4 Å². The minimum Gasteiger partial charge on any atom is -0.312 e. The van der Waals surface area contributed by atoms with E-state index in [1.54, 1.807) is 33.8 Å². The van der Waals surface area contributed by atoms with E-state index in [0.29, 0.717) is 29.6 Å². The van der Waals surface area contributed by atoms with E-state index < -0.39 is 0 Å². The average molecular weight is 413 g/mol. The molecule has 0 radical (unpaired) electrons. The first-order valence-corrected chi connectivity index (χ1v) is 10.0. The molecule has 2 aromatic carbocycles. The van der Waals surface area contributed by atoms with Crippen LogP contribution in [0.1, 0.15) is 23.2 Å². The molecule has 1 fully saturated rings. The first kappa shape index (κ1) is 18.9. The smallest absolute Gasteiger partial charge is 0.264 e. The number of rotatable bonds is 5. The molecule has 0 bridgehead atoms. The first-order chi connectivity index (χ1) is 15.1. The van der Waals surface area contributed by atoms with Gasteiger partial charge in [0.25, 0.3) is 5.56 Å². The Morgan fingerprint density at radius 3 is 2.45 bits per heavy atom. The summed E-state index contributed by atoms with van der Waals surface area (Å²) in [6.45, 7) is 0.574. The van der Waals surface area contributed by atoms with Crippen LogP contribution in [0.5, 0.6) is 0 Å². The molecule has 0 spiro atoms. The monoisotopic (exact) mass is 413 g/mol. The Hall–Kier alpha value is -4.07. The molecular formula is C23H19N5O3. The summed E-state index contributed by atoms with van der Waals surface area (Å²) in [6.07, 6.45) is 4.25. The minimum atomic E-state index is -0.320. The second kappa shape index (κ2) is 7.64. The van der Waals surface area contributed by atoms with Crippen LogP contribution in [0.2, 0.25) is 0 Å².